The maximum Gasteiger partial charge on any atom is 0.261 e. The molecule has 150 valence electrons. The van der Waals surface area contributed by atoms with E-state index in [0.717, 1.165) is 27.6 Å². The van der Waals surface area contributed by atoms with Crippen molar-refractivity contribution >= 4 is 50.5 Å². The summed E-state index contributed by atoms with van der Waals surface area (Å²) in [4.78, 5) is 17.3. The van der Waals surface area contributed by atoms with Crippen LogP contribution >= 0.6 is 23.6 Å². The van der Waals surface area contributed by atoms with Crippen LogP contribution in [0.5, 0.6) is 5.75 Å². The fourth-order valence-corrected chi connectivity index (χ4v) is 4.27. The van der Waals surface area contributed by atoms with E-state index >= 15 is 0 Å². The Morgan fingerprint density at radius 1 is 1.07 bits per heavy atom. The third-order valence-electron chi connectivity index (χ3n) is 4.68. The Bertz CT molecular complexity index is 1240. The molecule has 0 aliphatic rings. The van der Waals surface area contributed by atoms with Gasteiger partial charge >= 0.3 is 0 Å². The lowest BCUT2D eigenvalue weighted by Gasteiger charge is -2.12. The Morgan fingerprint density at radius 2 is 1.83 bits per heavy atom. The van der Waals surface area contributed by atoms with E-state index in [2.05, 4.69) is 33.8 Å². The molecule has 0 atom stereocenters. The first-order valence-electron chi connectivity index (χ1n) is 9.26. The minimum absolute atomic E-state index is 0.183. The summed E-state index contributed by atoms with van der Waals surface area (Å²) < 4.78 is 5.35. The highest BCUT2D eigenvalue weighted by molar-refractivity contribution is 7.80. The topological polar surface area (TPSA) is 63.2 Å². The summed E-state index contributed by atoms with van der Waals surface area (Å²) in [5.74, 6) is 0.198. The van der Waals surface area contributed by atoms with Gasteiger partial charge in [0.2, 0.25) is 0 Å². The molecule has 2 N–H and O–H groups in total. The van der Waals surface area contributed by atoms with Crippen molar-refractivity contribution in [2.45, 2.75) is 6.92 Å². The van der Waals surface area contributed by atoms with Crippen molar-refractivity contribution < 1.29 is 9.53 Å². The summed E-state index contributed by atoms with van der Waals surface area (Å²) in [7, 11) is 1.54. The number of nitrogens with one attached hydrogen (secondary N) is 2. The van der Waals surface area contributed by atoms with Gasteiger partial charge in [-0.05, 0) is 41.5 Å². The third kappa shape index (κ3) is 4.03. The molecule has 0 bridgehead atoms. The number of aromatic nitrogens is 1. The van der Waals surface area contributed by atoms with Crippen LogP contribution in [-0.4, -0.2) is 23.1 Å². The molecule has 30 heavy (non-hydrogen) atoms. The average molecular weight is 434 g/mol. The first-order chi connectivity index (χ1) is 14.6. The van der Waals surface area contributed by atoms with E-state index in [1.165, 1.54) is 11.3 Å². The number of methoxy groups -OCH3 is 1. The number of hydrogen-bond donors (Lipinski definition) is 2. The SMILES string of the molecule is COc1c(C)cccc1C(=O)NC(=S)Nc1nc(-c2cccc3ccccc23)cs1. The molecule has 1 amide bonds. The van der Waals surface area contributed by atoms with E-state index in [4.69, 9.17) is 17.0 Å². The minimum atomic E-state index is -0.334. The number of benzene rings is 3. The largest absolute Gasteiger partial charge is 0.496 e. The number of aryl methyl sites for hydroxylation is 1. The number of thiazole rings is 1. The normalized spacial score (nSPS) is 10.6. The maximum atomic E-state index is 12.6. The van der Waals surface area contributed by atoms with Gasteiger partial charge in [0.25, 0.3) is 5.91 Å². The van der Waals surface area contributed by atoms with E-state index in [9.17, 15) is 4.79 Å². The molecule has 5 nitrogen and oxygen atoms in total. The highest BCUT2D eigenvalue weighted by Gasteiger charge is 2.16. The van der Waals surface area contributed by atoms with Crippen LogP contribution in [0, 0.1) is 6.92 Å². The Balaban J connectivity index is 1.50. The molecule has 1 aromatic heterocycles. The summed E-state index contributed by atoms with van der Waals surface area (Å²) in [5.41, 5.74) is 3.21. The molecule has 0 saturated heterocycles. The zero-order valence-electron chi connectivity index (χ0n) is 16.4. The van der Waals surface area contributed by atoms with Crippen molar-refractivity contribution in [2.75, 3.05) is 12.4 Å². The average Bonchev–Trinajstić information content (AvgIpc) is 3.21. The van der Waals surface area contributed by atoms with Crippen LogP contribution in [0.1, 0.15) is 15.9 Å². The van der Waals surface area contributed by atoms with Crippen LogP contribution in [0.4, 0.5) is 5.13 Å². The van der Waals surface area contributed by atoms with Gasteiger partial charge in [-0.3, -0.25) is 10.1 Å². The minimum Gasteiger partial charge on any atom is -0.496 e. The zero-order chi connectivity index (χ0) is 21.1. The molecule has 4 aromatic rings. The molecule has 0 aliphatic carbocycles. The molecular weight excluding hydrogens is 414 g/mol. The van der Waals surface area contributed by atoms with Crippen LogP contribution in [0.15, 0.2) is 66.0 Å². The molecule has 0 spiro atoms. The Labute approximate surface area is 183 Å². The molecule has 0 fully saturated rings. The number of nitrogens with zero attached hydrogens (tertiary/aromatic N) is 1. The Kier molecular flexibility index (Phi) is 5.74. The van der Waals surface area contributed by atoms with Crippen molar-refractivity contribution in [1.29, 1.82) is 0 Å². The van der Waals surface area contributed by atoms with E-state index in [-0.39, 0.29) is 11.0 Å². The summed E-state index contributed by atoms with van der Waals surface area (Å²) in [6, 6.07) is 19.7. The zero-order valence-corrected chi connectivity index (χ0v) is 18.1. The smallest absolute Gasteiger partial charge is 0.261 e. The monoisotopic (exact) mass is 433 g/mol. The molecule has 0 radical (unpaired) electrons. The fraction of sp³-hybridized carbons (Fsp3) is 0.0870. The second kappa shape index (κ2) is 8.61. The van der Waals surface area contributed by atoms with Crippen LogP contribution < -0.4 is 15.4 Å². The second-order valence-corrected chi connectivity index (χ2v) is 7.89. The van der Waals surface area contributed by atoms with Crippen LogP contribution in [0.25, 0.3) is 22.0 Å². The molecule has 0 unspecified atom stereocenters. The number of hydrogen-bond acceptors (Lipinski definition) is 5. The molecule has 4 rings (SSSR count). The lowest BCUT2D eigenvalue weighted by molar-refractivity contribution is 0.0974. The Morgan fingerprint density at radius 3 is 2.67 bits per heavy atom. The molecule has 0 saturated carbocycles. The summed E-state index contributed by atoms with van der Waals surface area (Å²) in [6.45, 7) is 1.89. The standard InChI is InChI=1S/C23H19N3O2S2/c1-14-7-5-12-18(20(14)28-2)21(27)25-22(29)26-23-24-19(13-30-23)17-11-6-9-15-8-3-4-10-16(15)17/h3-13H,1-2H3,(H2,24,25,26,27,29). The van der Waals surface area contributed by atoms with Crippen LogP contribution in [0.3, 0.4) is 0 Å². The van der Waals surface area contributed by atoms with E-state index in [1.54, 1.807) is 19.2 Å². The lowest BCUT2D eigenvalue weighted by Crippen LogP contribution is -2.34. The highest BCUT2D eigenvalue weighted by Crippen LogP contribution is 2.31. The van der Waals surface area contributed by atoms with Crippen molar-refractivity contribution in [2.24, 2.45) is 0 Å². The van der Waals surface area contributed by atoms with Gasteiger partial charge in [-0.2, -0.15) is 0 Å². The predicted octanol–water partition coefficient (Wildman–Crippen LogP) is 5.41. The van der Waals surface area contributed by atoms with Gasteiger partial charge in [-0.15, -0.1) is 11.3 Å². The summed E-state index contributed by atoms with van der Waals surface area (Å²) in [5, 5.41) is 10.8. The summed E-state index contributed by atoms with van der Waals surface area (Å²) in [6.07, 6.45) is 0. The quantitative estimate of drug-likeness (QED) is 0.422. The van der Waals surface area contributed by atoms with E-state index in [0.29, 0.717) is 16.4 Å². The van der Waals surface area contributed by atoms with Crippen molar-refractivity contribution in [1.82, 2.24) is 10.3 Å². The molecule has 0 aliphatic heterocycles. The number of para-hydroxylation sites is 1. The third-order valence-corrected chi connectivity index (χ3v) is 5.64. The first-order valence-corrected chi connectivity index (χ1v) is 10.5. The predicted molar refractivity (Wildman–Crippen MR) is 126 cm³/mol. The van der Waals surface area contributed by atoms with Gasteiger partial charge in [0, 0.05) is 10.9 Å². The molecular formula is C23H19N3O2S2. The number of ether oxygens (including phenoxy) is 1. The van der Waals surface area contributed by atoms with E-state index in [1.807, 2.05) is 42.6 Å². The molecule has 7 heteroatoms. The van der Waals surface area contributed by atoms with Gasteiger partial charge in [-0.1, -0.05) is 54.6 Å². The molecule has 1 heterocycles. The van der Waals surface area contributed by atoms with Gasteiger partial charge in [0.1, 0.15) is 5.75 Å². The van der Waals surface area contributed by atoms with Crippen molar-refractivity contribution in [3.8, 4) is 17.0 Å². The van der Waals surface area contributed by atoms with E-state index < -0.39 is 0 Å². The van der Waals surface area contributed by atoms with Crippen molar-refractivity contribution in [3.63, 3.8) is 0 Å². The number of carbonyl (C=O) groups excluding carboxylic acids is 1. The van der Waals surface area contributed by atoms with Gasteiger partial charge in [-0.25, -0.2) is 4.98 Å². The molecule has 3 aromatic carbocycles. The number of rotatable bonds is 4. The Hall–Kier alpha value is -3.29. The number of fused-ring (bicyclic) bond motifs is 1. The van der Waals surface area contributed by atoms with Gasteiger partial charge < -0.3 is 10.1 Å². The first kappa shape index (κ1) is 20.0. The van der Waals surface area contributed by atoms with Crippen molar-refractivity contribution in [3.05, 3.63) is 77.2 Å². The fourth-order valence-electron chi connectivity index (χ4n) is 3.30. The highest BCUT2D eigenvalue weighted by atomic mass is 32.1. The second-order valence-electron chi connectivity index (χ2n) is 6.63. The number of amides is 1. The van der Waals surface area contributed by atoms with Crippen LogP contribution in [-0.2, 0) is 0 Å². The summed E-state index contributed by atoms with van der Waals surface area (Å²) >= 11 is 6.74. The van der Waals surface area contributed by atoms with Gasteiger partial charge in [0.15, 0.2) is 10.2 Å². The number of thiocarbonyl (C=S) groups is 1. The van der Waals surface area contributed by atoms with Crippen LogP contribution in [0.2, 0.25) is 0 Å². The van der Waals surface area contributed by atoms with Gasteiger partial charge in [0.05, 0.1) is 18.4 Å². The number of carbonyl (C=O) groups is 1. The lowest BCUT2D eigenvalue weighted by atomic mass is 10.0. The number of anilines is 1. The maximum absolute atomic E-state index is 12.6.